The van der Waals surface area contributed by atoms with Gasteiger partial charge in [0.05, 0.1) is 5.92 Å². The highest BCUT2D eigenvalue weighted by molar-refractivity contribution is 5.92. The molecule has 1 amide bonds. The second kappa shape index (κ2) is 13.1. The maximum Gasteiger partial charge on any atom is 0.310 e. The lowest BCUT2D eigenvalue weighted by Gasteiger charge is -2.07. The van der Waals surface area contributed by atoms with Gasteiger partial charge in [0.1, 0.15) is 6.33 Å². The molecule has 0 aliphatic rings. The number of unbranched alkanes of at least 4 members (excludes halogenated alkanes) is 8. The zero-order chi connectivity index (χ0) is 18.3. The number of nitrogens with one attached hydrogen (secondary N) is 2. The summed E-state index contributed by atoms with van der Waals surface area (Å²) in [7, 11) is 0. The van der Waals surface area contributed by atoms with E-state index in [-0.39, 0.29) is 12.4 Å². The van der Waals surface area contributed by atoms with E-state index >= 15 is 0 Å². The van der Waals surface area contributed by atoms with Crippen LogP contribution >= 0.6 is 0 Å². The number of aromatic nitrogens is 3. The summed E-state index contributed by atoms with van der Waals surface area (Å²) in [6.45, 7) is 2.22. The summed E-state index contributed by atoms with van der Waals surface area (Å²) in [6.07, 6.45) is 15.5. The molecular weight excluding hydrogens is 320 g/mol. The molecular formula is C18H30N4O3. The molecule has 1 heterocycles. The van der Waals surface area contributed by atoms with E-state index in [2.05, 4.69) is 27.4 Å². The Morgan fingerprint density at radius 3 is 2.48 bits per heavy atom. The molecule has 1 unspecified atom stereocenters. The number of H-pyrrole nitrogens is 1. The molecule has 1 rings (SSSR count). The van der Waals surface area contributed by atoms with Crippen molar-refractivity contribution in [2.75, 3.05) is 5.32 Å². The van der Waals surface area contributed by atoms with Crippen molar-refractivity contribution in [2.24, 2.45) is 5.92 Å². The minimum Gasteiger partial charge on any atom is -0.481 e. The van der Waals surface area contributed by atoms with Crippen molar-refractivity contribution < 1.29 is 14.7 Å². The van der Waals surface area contributed by atoms with Crippen LogP contribution in [0.25, 0.3) is 0 Å². The van der Waals surface area contributed by atoms with Crippen molar-refractivity contribution >= 4 is 17.8 Å². The van der Waals surface area contributed by atoms with Crippen LogP contribution in [0, 0.1) is 5.92 Å². The highest BCUT2D eigenvalue weighted by Gasteiger charge is 2.18. The van der Waals surface area contributed by atoms with Crippen molar-refractivity contribution in [2.45, 2.75) is 71.1 Å². The topological polar surface area (TPSA) is 108 Å². The van der Waals surface area contributed by atoms with Crippen molar-refractivity contribution in [3.05, 3.63) is 18.5 Å². The molecule has 0 saturated carbocycles. The number of carbonyl (C=O) groups is 2. The van der Waals surface area contributed by atoms with E-state index in [1.54, 1.807) is 6.08 Å². The van der Waals surface area contributed by atoms with Crippen molar-refractivity contribution in [3.63, 3.8) is 0 Å². The predicted molar refractivity (Wildman–Crippen MR) is 97.1 cm³/mol. The van der Waals surface area contributed by atoms with Crippen LogP contribution in [-0.4, -0.2) is 32.2 Å². The number of nitrogens with zero attached hydrogens (tertiary/aromatic N) is 2. The maximum atomic E-state index is 11.8. The van der Waals surface area contributed by atoms with Crippen LogP contribution in [0.2, 0.25) is 0 Å². The summed E-state index contributed by atoms with van der Waals surface area (Å²) < 4.78 is 0. The molecule has 0 aromatic carbocycles. The van der Waals surface area contributed by atoms with Gasteiger partial charge in [0.2, 0.25) is 11.9 Å². The fourth-order valence-corrected chi connectivity index (χ4v) is 2.54. The summed E-state index contributed by atoms with van der Waals surface area (Å²) in [5.74, 6) is -2.09. The monoisotopic (exact) mass is 350 g/mol. The van der Waals surface area contributed by atoms with Gasteiger partial charge < -0.3 is 5.11 Å². The van der Waals surface area contributed by atoms with Gasteiger partial charge in [-0.3, -0.25) is 20.0 Å². The third-order valence-corrected chi connectivity index (χ3v) is 3.98. The Morgan fingerprint density at radius 2 is 1.88 bits per heavy atom. The molecule has 0 fully saturated rings. The number of amides is 1. The summed E-state index contributed by atoms with van der Waals surface area (Å²) in [5, 5.41) is 17.9. The van der Waals surface area contributed by atoms with Gasteiger partial charge in [-0.25, -0.2) is 4.98 Å². The molecule has 1 aromatic rings. The first kappa shape index (κ1) is 20.9. The highest BCUT2D eigenvalue weighted by Crippen LogP contribution is 2.12. The lowest BCUT2D eigenvalue weighted by atomic mass is 10.0. The smallest absolute Gasteiger partial charge is 0.310 e. The van der Waals surface area contributed by atoms with Gasteiger partial charge in [0.25, 0.3) is 0 Å². The summed E-state index contributed by atoms with van der Waals surface area (Å²) in [5.41, 5.74) is 0. The largest absolute Gasteiger partial charge is 0.481 e. The highest BCUT2D eigenvalue weighted by atomic mass is 16.4. The first-order valence-electron chi connectivity index (χ1n) is 9.18. The van der Waals surface area contributed by atoms with Crippen LogP contribution in [0.3, 0.4) is 0 Å². The summed E-state index contributed by atoms with van der Waals surface area (Å²) in [6, 6.07) is 0. The van der Waals surface area contributed by atoms with Gasteiger partial charge in [-0.1, -0.05) is 64.0 Å². The number of carboxylic acid groups (broad SMARTS) is 1. The minimum absolute atomic E-state index is 0.127. The summed E-state index contributed by atoms with van der Waals surface area (Å²) >= 11 is 0. The van der Waals surface area contributed by atoms with E-state index in [1.165, 1.54) is 51.3 Å². The van der Waals surface area contributed by atoms with Gasteiger partial charge in [0, 0.05) is 6.42 Å². The van der Waals surface area contributed by atoms with Crippen molar-refractivity contribution in [1.82, 2.24) is 15.2 Å². The van der Waals surface area contributed by atoms with Crippen LogP contribution in [-0.2, 0) is 9.59 Å². The SMILES string of the molecule is CCCCCCCCCCC=CC(CC(=O)Nc1nc[nH]n1)C(=O)O. The van der Waals surface area contributed by atoms with Gasteiger partial charge in [0.15, 0.2) is 0 Å². The number of aliphatic carboxylic acids is 1. The third-order valence-electron chi connectivity index (χ3n) is 3.98. The number of carbonyl (C=O) groups excluding carboxylic acids is 1. The van der Waals surface area contributed by atoms with Gasteiger partial charge in [-0.2, -0.15) is 0 Å². The Morgan fingerprint density at radius 1 is 1.20 bits per heavy atom. The Labute approximate surface area is 149 Å². The van der Waals surface area contributed by atoms with Gasteiger partial charge >= 0.3 is 5.97 Å². The van der Waals surface area contributed by atoms with Crippen LogP contribution in [0.5, 0.6) is 0 Å². The first-order chi connectivity index (χ1) is 12.1. The van der Waals surface area contributed by atoms with Gasteiger partial charge in [-0.15, -0.1) is 5.10 Å². The lowest BCUT2D eigenvalue weighted by molar-refractivity contribution is -0.141. The number of aromatic amines is 1. The van der Waals surface area contributed by atoms with Crippen molar-refractivity contribution in [3.8, 4) is 0 Å². The average Bonchev–Trinajstić information content (AvgIpc) is 3.08. The number of allylic oxidation sites excluding steroid dienone is 1. The number of rotatable bonds is 14. The minimum atomic E-state index is -1.00. The van der Waals surface area contributed by atoms with Crippen LogP contribution < -0.4 is 5.32 Å². The maximum absolute atomic E-state index is 11.8. The second-order valence-electron chi connectivity index (χ2n) is 6.21. The molecule has 1 atom stereocenters. The van der Waals surface area contributed by atoms with E-state index in [4.69, 9.17) is 0 Å². The Bertz CT molecular complexity index is 514. The van der Waals surface area contributed by atoms with Gasteiger partial charge in [-0.05, 0) is 12.8 Å². The molecule has 0 radical (unpaired) electrons. The quantitative estimate of drug-likeness (QED) is 0.348. The Balaban J connectivity index is 2.18. The van der Waals surface area contributed by atoms with E-state index in [9.17, 15) is 14.7 Å². The predicted octanol–water partition coefficient (Wildman–Crippen LogP) is 3.92. The number of hydrogen-bond donors (Lipinski definition) is 3. The molecule has 3 N–H and O–H groups in total. The molecule has 1 aromatic heterocycles. The molecule has 0 spiro atoms. The fraction of sp³-hybridized carbons (Fsp3) is 0.667. The second-order valence-corrected chi connectivity index (χ2v) is 6.21. The average molecular weight is 350 g/mol. The van der Waals surface area contributed by atoms with Crippen LogP contribution in [0.1, 0.15) is 71.1 Å². The molecule has 0 aliphatic heterocycles. The van der Waals surface area contributed by atoms with E-state index in [0.29, 0.717) is 0 Å². The van der Waals surface area contributed by atoms with E-state index < -0.39 is 17.8 Å². The zero-order valence-corrected chi connectivity index (χ0v) is 15.0. The van der Waals surface area contributed by atoms with Crippen LogP contribution in [0.4, 0.5) is 5.95 Å². The van der Waals surface area contributed by atoms with Crippen LogP contribution in [0.15, 0.2) is 18.5 Å². The zero-order valence-electron chi connectivity index (χ0n) is 15.0. The summed E-state index contributed by atoms with van der Waals surface area (Å²) in [4.78, 5) is 26.8. The van der Waals surface area contributed by atoms with Crippen molar-refractivity contribution in [1.29, 1.82) is 0 Å². The number of anilines is 1. The molecule has 0 aliphatic carbocycles. The molecule has 140 valence electrons. The van der Waals surface area contributed by atoms with E-state index in [1.807, 2.05) is 6.08 Å². The normalized spacial score (nSPS) is 12.4. The Kier molecular flexibility index (Phi) is 11.0. The fourth-order valence-electron chi connectivity index (χ4n) is 2.54. The molecule has 0 saturated heterocycles. The molecule has 25 heavy (non-hydrogen) atoms. The molecule has 7 nitrogen and oxygen atoms in total. The first-order valence-corrected chi connectivity index (χ1v) is 9.18. The number of hydrogen-bond acceptors (Lipinski definition) is 4. The third kappa shape index (κ3) is 10.3. The standard InChI is InChI=1S/C18H30N4O3/c1-2-3-4-5-6-7-8-9-10-11-12-15(17(24)25)13-16(23)21-18-19-14-20-22-18/h11-12,14-15H,2-10,13H2,1H3,(H,24,25)(H2,19,20,21,22,23). The number of carboxylic acids is 1. The molecule has 0 bridgehead atoms. The molecule has 7 heteroatoms. The van der Waals surface area contributed by atoms with E-state index in [0.717, 1.165) is 12.8 Å². The Hall–Kier alpha value is -2.18. The lowest BCUT2D eigenvalue weighted by Crippen LogP contribution is -2.21.